The first-order valence-electron chi connectivity index (χ1n) is 11.4. The van der Waals surface area contributed by atoms with Gasteiger partial charge in [-0.2, -0.15) is 5.10 Å². The number of carbonyl (C=O) groups excluding carboxylic acids is 1. The predicted molar refractivity (Wildman–Crippen MR) is 140 cm³/mol. The van der Waals surface area contributed by atoms with Gasteiger partial charge in [-0.15, -0.1) is 0 Å². The molecular formula is C26H29N5O3S. The maximum absolute atomic E-state index is 13.7. The molecule has 1 N–H and O–H groups in total. The van der Waals surface area contributed by atoms with Crippen LogP contribution in [0.3, 0.4) is 0 Å². The molecule has 4 rings (SSSR count). The van der Waals surface area contributed by atoms with Crippen molar-refractivity contribution < 1.29 is 9.53 Å². The van der Waals surface area contributed by atoms with Gasteiger partial charge in [0.1, 0.15) is 11.3 Å². The van der Waals surface area contributed by atoms with E-state index in [2.05, 4.69) is 10.4 Å². The average molecular weight is 492 g/mol. The van der Waals surface area contributed by atoms with E-state index in [4.69, 9.17) is 9.72 Å². The molecule has 0 aliphatic carbocycles. The fourth-order valence-corrected chi connectivity index (χ4v) is 4.71. The normalized spacial score (nSPS) is 11.1. The van der Waals surface area contributed by atoms with Gasteiger partial charge in [-0.1, -0.05) is 36.0 Å². The van der Waals surface area contributed by atoms with Gasteiger partial charge in [-0.05, 0) is 57.0 Å². The van der Waals surface area contributed by atoms with Gasteiger partial charge >= 0.3 is 0 Å². The summed E-state index contributed by atoms with van der Waals surface area (Å²) < 4.78 is 8.77. The molecule has 1 amide bonds. The van der Waals surface area contributed by atoms with Crippen LogP contribution in [0, 0.1) is 20.8 Å². The molecule has 2 heterocycles. The SMILES string of the molecule is CCn1nc(C)c2nc(SCC(=O)Nc3ccc(C)c(C)c3)n(Cc3ccccc3OC)c(=O)c21. The number of fused-ring (bicyclic) bond motifs is 1. The highest BCUT2D eigenvalue weighted by Gasteiger charge is 2.20. The number of anilines is 1. The lowest BCUT2D eigenvalue weighted by Gasteiger charge is -2.15. The van der Waals surface area contributed by atoms with E-state index >= 15 is 0 Å². The molecule has 0 saturated carbocycles. The number of nitrogens with one attached hydrogen (secondary N) is 1. The molecule has 2 aromatic carbocycles. The zero-order valence-electron chi connectivity index (χ0n) is 20.6. The summed E-state index contributed by atoms with van der Waals surface area (Å²) in [5.41, 5.74) is 5.38. The standard InChI is InChI=1S/C26H29N5O3S/c1-6-31-24-23(18(4)29-31)28-26(30(25(24)33)14-19-9-7-8-10-21(19)34-5)35-15-22(32)27-20-12-11-16(2)17(3)13-20/h7-13H,6,14-15H2,1-5H3,(H,27,32). The second kappa shape index (κ2) is 10.4. The van der Waals surface area contributed by atoms with Gasteiger partial charge in [-0.3, -0.25) is 18.8 Å². The molecule has 0 aliphatic rings. The zero-order chi connectivity index (χ0) is 25.1. The maximum atomic E-state index is 13.7. The molecule has 0 radical (unpaired) electrons. The summed E-state index contributed by atoms with van der Waals surface area (Å²) in [6.45, 7) is 8.64. The van der Waals surface area contributed by atoms with Gasteiger partial charge in [0.25, 0.3) is 5.56 Å². The molecule has 0 bridgehead atoms. The number of methoxy groups -OCH3 is 1. The fraction of sp³-hybridized carbons (Fsp3) is 0.308. The number of benzene rings is 2. The van der Waals surface area contributed by atoms with Gasteiger partial charge in [-0.25, -0.2) is 4.98 Å². The van der Waals surface area contributed by atoms with E-state index < -0.39 is 0 Å². The largest absolute Gasteiger partial charge is 0.496 e. The molecule has 8 nitrogen and oxygen atoms in total. The number of aryl methyl sites for hydroxylation is 4. The number of hydrogen-bond donors (Lipinski definition) is 1. The van der Waals surface area contributed by atoms with Gasteiger partial charge in [0.05, 0.1) is 25.1 Å². The highest BCUT2D eigenvalue weighted by Crippen LogP contribution is 2.24. The Morgan fingerprint density at radius 3 is 2.60 bits per heavy atom. The molecule has 0 unspecified atom stereocenters. The van der Waals surface area contributed by atoms with E-state index in [-0.39, 0.29) is 23.8 Å². The molecule has 9 heteroatoms. The lowest BCUT2D eigenvalue weighted by atomic mass is 10.1. The molecule has 182 valence electrons. The lowest BCUT2D eigenvalue weighted by Crippen LogP contribution is -2.26. The van der Waals surface area contributed by atoms with Gasteiger partial charge in [0.15, 0.2) is 10.7 Å². The molecular weight excluding hydrogens is 462 g/mol. The summed E-state index contributed by atoms with van der Waals surface area (Å²) in [4.78, 5) is 31.2. The third kappa shape index (κ3) is 5.09. The molecule has 0 spiro atoms. The van der Waals surface area contributed by atoms with Crippen molar-refractivity contribution in [2.45, 2.75) is 45.9 Å². The first kappa shape index (κ1) is 24.5. The van der Waals surface area contributed by atoms with Crippen LogP contribution in [0.2, 0.25) is 0 Å². The minimum absolute atomic E-state index is 0.109. The number of amides is 1. The third-order valence-corrected chi connectivity index (χ3v) is 6.90. The zero-order valence-corrected chi connectivity index (χ0v) is 21.4. The van der Waals surface area contributed by atoms with Crippen molar-refractivity contribution in [3.05, 3.63) is 75.2 Å². The van der Waals surface area contributed by atoms with Crippen molar-refractivity contribution in [2.24, 2.45) is 0 Å². The first-order chi connectivity index (χ1) is 16.8. The summed E-state index contributed by atoms with van der Waals surface area (Å²) in [5, 5.41) is 7.88. The van der Waals surface area contributed by atoms with Crippen molar-refractivity contribution in [1.29, 1.82) is 0 Å². The van der Waals surface area contributed by atoms with Crippen molar-refractivity contribution in [3.63, 3.8) is 0 Å². The van der Waals surface area contributed by atoms with E-state index in [0.29, 0.717) is 34.2 Å². The van der Waals surface area contributed by atoms with E-state index in [1.165, 1.54) is 17.3 Å². The lowest BCUT2D eigenvalue weighted by molar-refractivity contribution is -0.113. The highest BCUT2D eigenvalue weighted by atomic mass is 32.2. The van der Waals surface area contributed by atoms with Crippen LogP contribution < -0.4 is 15.6 Å². The van der Waals surface area contributed by atoms with Crippen LogP contribution in [-0.4, -0.2) is 38.1 Å². The topological polar surface area (TPSA) is 91.0 Å². The Hall–Kier alpha value is -3.59. The smallest absolute Gasteiger partial charge is 0.280 e. The monoisotopic (exact) mass is 491 g/mol. The molecule has 0 saturated heterocycles. The number of thioether (sulfide) groups is 1. The van der Waals surface area contributed by atoms with Crippen LogP contribution >= 0.6 is 11.8 Å². The number of aromatic nitrogens is 4. The maximum Gasteiger partial charge on any atom is 0.280 e. The Bertz CT molecular complexity index is 1460. The second-order valence-electron chi connectivity index (χ2n) is 8.33. The van der Waals surface area contributed by atoms with E-state index in [1.807, 2.05) is 70.2 Å². The summed E-state index contributed by atoms with van der Waals surface area (Å²) in [6.07, 6.45) is 0. The molecule has 35 heavy (non-hydrogen) atoms. The van der Waals surface area contributed by atoms with Crippen molar-refractivity contribution in [2.75, 3.05) is 18.2 Å². The van der Waals surface area contributed by atoms with Gasteiger partial charge in [0, 0.05) is 17.8 Å². The molecule has 0 aliphatic heterocycles. The van der Waals surface area contributed by atoms with Crippen molar-refractivity contribution in [1.82, 2.24) is 19.3 Å². The van der Waals surface area contributed by atoms with E-state index in [0.717, 1.165) is 16.8 Å². The third-order valence-electron chi connectivity index (χ3n) is 5.93. The van der Waals surface area contributed by atoms with Crippen LogP contribution in [0.5, 0.6) is 5.75 Å². The molecule has 4 aromatic rings. The summed E-state index contributed by atoms with van der Waals surface area (Å²) in [7, 11) is 1.60. The summed E-state index contributed by atoms with van der Waals surface area (Å²) in [5.74, 6) is 0.623. The van der Waals surface area contributed by atoms with E-state index in [9.17, 15) is 9.59 Å². The predicted octanol–water partition coefficient (Wildman–Crippen LogP) is 4.33. The number of nitrogens with zero attached hydrogens (tertiary/aromatic N) is 4. The van der Waals surface area contributed by atoms with E-state index in [1.54, 1.807) is 16.4 Å². The number of para-hydroxylation sites is 1. The number of ether oxygens (including phenoxy) is 1. The number of rotatable bonds is 8. The number of carbonyl (C=O) groups is 1. The van der Waals surface area contributed by atoms with Crippen LogP contribution in [0.15, 0.2) is 52.4 Å². The minimum atomic E-state index is -0.194. The summed E-state index contributed by atoms with van der Waals surface area (Å²) in [6, 6.07) is 13.4. The second-order valence-corrected chi connectivity index (χ2v) is 9.27. The summed E-state index contributed by atoms with van der Waals surface area (Å²) >= 11 is 1.23. The average Bonchev–Trinajstić information content (AvgIpc) is 3.18. The van der Waals surface area contributed by atoms with Gasteiger partial charge in [0.2, 0.25) is 5.91 Å². The Morgan fingerprint density at radius 1 is 1.11 bits per heavy atom. The molecule has 0 atom stereocenters. The molecule has 2 aromatic heterocycles. The quantitative estimate of drug-likeness (QED) is 0.292. The Kier molecular flexibility index (Phi) is 7.25. The minimum Gasteiger partial charge on any atom is -0.496 e. The fourth-order valence-electron chi connectivity index (χ4n) is 3.92. The first-order valence-corrected chi connectivity index (χ1v) is 12.4. The van der Waals surface area contributed by atoms with Crippen LogP contribution in [0.25, 0.3) is 11.0 Å². The van der Waals surface area contributed by atoms with Crippen LogP contribution in [0.4, 0.5) is 5.69 Å². The Balaban J connectivity index is 1.69. The van der Waals surface area contributed by atoms with Gasteiger partial charge < -0.3 is 10.1 Å². The van der Waals surface area contributed by atoms with Crippen molar-refractivity contribution >= 4 is 34.4 Å². The van der Waals surface area contributed by atoms with Crippen LogP contribution in [-0.2, 0) is 17.9 Å². The Labute approximate surface area is 208 Å². The highest BCUT2D eigenvalue weighted by molar-refractivity contribution is 7.99. The number of hydrogen-bond acceptors (Lipinski definition) is 6. The van der Waals surface area contributed by atoms with Crippen LogP contribution in [0.1, 0.15) is 29.3 Å². The Morgan fingerprint density at radius 2 is 1.89 bits per heavy atom. The molecule has 0 fully saturated rings. The van der Waals surface area contributed by atoms with Crippen molar-refractivity contribution in [3.8, 4) is 5.75 Å².